The predicted molar refractivity (Wildman–Crippen MR) is 109 cm³/mol. The number of aryl methyl sites for hydroxylation is 1. The third-order valence-corrected chi connectivity index (χ3v) is 5.30. The first-order valence-corrected chi connectivity index (χ1v) is 8.98. The smallest absolute Gasteiger partial charge is 0.0480 e. The van der Waals surface area contributed by atoms with Crippen LogP contribution < -0.4 is 0 Å². The number of hydrogen-bond donors (Lipinski definition) is 1. The van der Waals surface area contributed by atoms with Gasteiger partial charge in [0.1, 0.15) is 0 Å². The fourth-order valence-electron chi connectivity index (χ4n) is 4.11. The summed E-state index contributed by atoms with van der Waals surface area (Å²) in [6, 6.07) is 28.0. The van der Waals surface area contributed by atoms with Gasteiger partial charge in [-0.15, -0.1) is 0 Å². The highest BCUT2D eigenvalue weighted by Crippen LogP contribution is 2.39. The third-order valence-electron chi connectivity index (χ3n) is 5.30. The van der Waals surface area contributed by atoms with Gasteiger partial charge in [-0.1, -0.05) is 66.7 Å². The molecular weight excluding hydrogens is 316 g/mol. The van der Waals surface area contributed by atoms with E-state index in [1.54, 1.807) is 0 Å². The van der Waals surface area contributed by atoms with Crippen LogP contribution in [0.4, 0.5) is 0 Å². The molecule has 0 spiro atoms. The Morgan fingerprint density at radius 1 is 0.731 bits per heavy atom. The molecule has 0 amide bonds. The second kappa shape index (κ2) is 5.92. The Morgan fingerprint density at radius 3 is 2.27 bits per heavy atom. The fraction of sp³-hybridized carbons (Fsp3) is 0.0833. The van der Waals surface area contributed by atoms with E-state index in [9.17, 15) is 0 Å². The number of fused-ring (bicyclic) bond motifs is 2. The van der Waals surface area contributed by atoms with Gasteiger partial charge in [0.15, 0.2) is 0 Å². The number of para-hydroxylation sites is 2. The Bertz CT molecular complexity index is 1190. The molecule has 2 heteroatoms. The molecule has 3 aromatic carbocycles. The van der Waals surface area contributed by atoms with Crippen LogP contribution in [0.3, 0.4) is 0 Å². The van der Waals surface area contributed by atoms with Gasteiger partial charge in [-0.3, -0.25) is 0 Å². The molecule has 1 atom stereocenters. The highest BCUT2D eigenvalue weighted by Gasteiger charge is 2.23. The number of rotatable bonds is 3. The molecule has 2 aromatic heterocycles. The van der Waals surface area contributed by atoms with E-state index in [1.165, 1.54) is 38.5 Å². The third kappa shape index (κ3) is 2.26. The van der Waals surface area contributed by atoms with E-state index in [0.717, 1.165) is 0 Å². The molecule has 0 aliphatic heterocycles. The van der Waals surface area contributed by atoms with Crippen LogP contribution in [0.15, 0.2) is 91.3 Å². The first-order chi connectivity index (χ1) is 12.8. The fourth-order valence-corrected chi connectivity index (χ4v) is 4.11. The summed E-state index contributed by atoms with van der Waals surface area (Å²) in [5, 5.41) is 2.60. The summed E-state index contributed by atoms with van der Waals surface area (Å²) in [6.07, 6.45) is 4.45. The summed E-state index contributed by atoms with van der Waals surface area (Å²) in [6.45, 7) is 0. The van der Waals surface area contributed by atoms with Gasteiger partial charge in [0.2, 0.25) is 0 Å². The van der Waals surface area contributed by atoms with Crippen LogP contribution in [0, 0.1) is 0 Å². The van der Waals surface area contributed by atoms with Crippen LogP contribution >= 0.6 is 0 Å². The summed E-state index contributed by atoms with van der Waals surface area (Å²) in [7, 11) is 2.13. The number of nitrogens with one attached hydrogen (secondary N) is 1. The molecule has 0 fully saturated rings. The van der Waals surface area contributed by atoms with Gasteiger partial charge >= 0.3 is 0 Å². The van der Waals surface area contributed by atoms with Crippen molar-refractivity contribution in [2.24, 2.45) is 7.05 Å². The molecular formula is C24H20N2. The van der Waals surface area contributed by atoms with E-state index in [2.05, 4.69) is 108 Å². The van der Waals surface area contributed by atoms with Crippen molar-refractivity contribution in [3.63, 3.8) is 0 Å². The average molecular weight is 336 g/mol. The Hall–Kier alpha value is -3.26. The molecule has 0 bridgehead atoms. The van der Waals surface area contributed by atoms with Crippen molar-refractivity contribution in [2.75, 3.05) is 0 Å². The second-order valence-corrected chi connectivity index (χ2v) is 6.85. The standard InChI is InChI=1S/C24H20N2/c1-26-16-21(19-12-6-8-14-23(19)26)24(17-9-3-2-4-10-17)20-15-25-22-13-7-5-11-18(20)22/h2-16,24-25H,1H3. The summed E-state index contributed by atoms with van der Waals surface area (Å²) < 4.78 is 2.23. The molecule has 0 saturated carbocycles. The Morgan fingerprint density at radius 2 is 1.42 bits per heavy atom. The molecule has 0 aliphatic carbocycles. The number of H-pyrrole nitrogens is 1. The lowest BCUT2D eigenvalue weighted by Gasteiger charge is -2.17. The van der Waals surface area contributed by atoms with Gasteiger partial charge in [0, 0.05) is 47.2 Å². The molecule has 0 radical (unpaired) electrons. The van der Waals surface area contributed by atoms with Crippen molar-refractivity contribution in [1.82, 2.24) is 9.55 Å². The molecule has 1 unspecified atom stereocenters. The highest BCUT2D eigenvalue weighted by atomic mass is 14.9. The van der Waals surface area contributed by atoms with Gasteiger partial charge in [-0.2, -0.15) is 0 Å². The first kappa shape index (κ1) is 15.0. The quantitative estimate of drug-likeness (QED) is 0.427. The second-order valence-electron chi connectivity index (χ2n) is 6.85. The molecule has 1 N–H and O–H groups in total. The maximum absolute atomic E-state index is 3.46. The highest BCUT2D eigenvalue weighted by molar-refractivity contribution is 5.89. The minimum atomic E-state index is 0.193. The maximum atomic E-state index is 3.46. The zero-order valence-corrected chi connectivity index (χ0v) is 14.7. The Kier molecular flexibility index (Phi) is 3.42. The van der Waals surface area contributed by atoms with Crippen molar-refractivity contribution < 1.29 is 0 Å². The molecule has 5 rings (SSSR count). The molecule has 5 aromatic rings. The van der Waals surface area contributed by atoms with E-state index in [-0.39, 0.29) is 5.92 Å². The average Bonchev–Trinajstić information content (AvgIpc) is 3.26. The summed E-state index contributed by atoms with van der Waals surface area (Å²) >= 11 is 0. The summed E-state index contributed by atoms with van der Waals surface area (Å²) in [4.78, 5) is 3.46. The molecule has 126 valence electrons. The number of benzene rings is 3. The maximum Gasteiger partial charge on any atom is 0.0480 e. The number of aromatic amines is 1. The van der Waals surface area contributed by atoms with Crippen LogP contribution in [0.25, 0.3) is 21.8 Å². The van der Waals surface area contributed by atoms with Gasteiger partial charge in [-0.25, -0.2) is 0 Å². The molecule has 2 nitrogen and oxygen atoms in total. The summed E-state index contributed by atoms with van der Waals surface area (Å²) in [5.74, 6) is 0.193. The number of hydrogen-bond acceptors (Lipinski definition) is 0. The van der Waals surface area contributed by atoms with Gasteiger partial charge in [0.05, 0.1) is 0 Å². The normalized spacial score (nSPS) is 12.7. The Balaban J connectivity index is 1.83. The lowest BCUT2D eigenvalue weighted by atomic mass is 9.85. The largest absolute Gasteiger partial charge is 0.361 e. The van der Waals surface area contributed by atoms with Crippen LogP contribution in [-0.4, -0.2) is 9.55 Å². The zero-order chi connectivity index (χ0) is 17.5. The molecule has 2 heterocycles. The van der Waals surface area contributed by atoms with Gasteiger partial charge < -0.3 is 9.55 Å². The minimum Gasteiger partial charge on any atom is -0.361 e. The van der Waals surface area contributed by atoms with Gasteiger partial charge in [-0.05, 0) is 28.8 Å². The topological polar surface area (TPSA) is 20.7 Å². The van der Waals surface area contributed by atoms with Crippen molar-refractivity contribution in [2.45, 2.75) is 5.92 Å². The van der Waals surface area contributed by atoms with Crippen molar-refractivity contribution in [1.29, 1.82) is 0 Å². The number of aromatic nitrogens is 2. The lowest BCUT2D eigenvalue weighted by molar-refractivity contribution is 0.931. The van der Waals surface area contributed by atoms with Crippen LogP contribution in [0.5, 0.6) is 0 Å². The minimum absolute atomic E-state index is 0.193. The van der Waals surface area contributed by atoms with Crippen LogP contribution in [0.1, 0.15) is 22.6 Å². The van der Waals surface area contributed by atoms with E-state index in [1.807, 2.05) is 0 Å². The van der Waals surface area contributed by atoms with Gasteiger partial charge in [0.25, 0.3) is 0 Å². The molecule has 0 aliphatic rings. The van der Waals surface area contributed by atoms with Crippen LogP contribution in [0.2, 0.25) is 0 Å². The van der Waals surface area contributed by atoms with E-state index in [4.69, 9.17) is 0 Å². The van der Waals surface area contributed by atoms with Crippen molar-refractivity contribution in [3.05, 3.63) is 108 Å². The van der Waals surface area contributed by atoms with Crippen molar-refractivity contribution >= 4 is 21.8 Å². The van der Waals surface area contributed by atoms with E-state index >= 15 is 0 Å². The Labute approximate surface area is 152 Å². The van der Waals surface area contributed by atoms with Crippen LogP contribution in [-0.2, 0) is 7.05 Å². The van der Waals surface area contributed by atoms with E-state index < -0.39 is 0 Å². The SMILES string of the molecule is Cn1cc(C(c2ccccc2)c2c[nH]c3ccccc23)c2ccccc21. The molecule has 26 heavy (non-hydrogen) atoms. The summed E-state index contributed by atoms with van der Waals surface area (Å²) in [5.41, 5.74) is 6.43. The van der Waals surface area contributed by atoms with E-state index in [0.29, 0.717) is 0 Å². The predicted octanol–water partition coefficient (Wildman–Crippen LogP) is 5.84. The molecule has 0 saturated heterocycles. The lowest BCUT2D eigenvalue weighted by Crippen LogP contribution is -2.02. The monoisotopic (exact) mass is 336 g/mol. The van der Waals surface area contributed by atoms with Crippen molar-refractivity contribution in [3.8, 4) is 0 Å². The number of nitrogens with zero attached hydrogens (tertiary/aromatic N) is 1. The zero-order valence-electron chi connectivity index (χ0n) is 14.7. The first-order valence-electron chi connectivity index (χ1n) is 8.98.